The Bertz CT molecular complexity index is 939. The highest BCUT2D eigenvalue weighted by atomic mass is 31.2. The molecule has 15 nitrogen and oxygen atoms in total. The van der Waals surface area contributed by atoms with Gasteiger partial charge in [-0.3, -0.25) is 23.9 Å². The molecule has 2 unspecified atom stereocenters. The highest BCUT2D eigenvalue weighted by Crippen LogP contribution is 2.42. The van der Waals surface area contributed by atoms with Gasteiger partial charge in [-0.1, -0.05) is 0 Å². The number of aromatic amines is 1. The predicted molar refractivity (Wildman–Crippen MR) is 91.2 cm³/mol. The molecule has 16 heteroatoms. The lowest BCUT2D eigenvalue weighted by atomic mass is 10.1. The Labute approximate surface area is 161 Å². The molecule has 1 aromatic rings. The first-order chi connectivity index (χ1) is 13.3. The Hall–Kier alpha value is -2.39. The summed E-state index contributed by atoms with van der Waals surface area (Å²) < 4.78 is 17.6. The van der Waals surface area contributed by atoms with E-state index in [9.17, 15) is 43.7 Å². The minimum absolute atomic E-state index is 0.0702. The third-order valence-corrected chi connectivity index (χ3v) is 5.09. The van der Waals surface area contributed by atoms with Gasteiger partial charge < -0.3 is 35.6 Å². The molecule has 0 aromatic carbocycles. The number of hydrogen-bond acceptors (Lipinski definition) is 9. The molecular weight excluding hydrogens is 419 g/mol. The number of ether oxygens (including phenoxy) is 1. The summed E-state index contributed by atoms with van der Waals surface area (Å²) in [4.78, 5) is 66.6. The van der Waals surface area contributed by atoms with Crippen LogP contribution in [0.1, 0.15) is 12.6 Å². The van der Waals surface area contributed by atoms with Crippen molar-refractivity contribution < 1.29 is 44.0 Å². The van der Waals surface area contributed by atoms with Crippen molar-refractivity contribution in [1.82, 2.24) is 14.2 Å². The van der Waals surface area contributed by atoms with Gasteiger partial charge in [-0.05, 0) is 0 Å². The Kier molecular flexibility index (Phi) is 6.74. The molecule has 0 radical (unpaired) electrons. The number of aliphatic hydroxyl groups excluding tert-OH is 2. The highest BCUT2D eigenvalue weighted by Gasteiger charge is 2.47. The van der Waals surface area contributed by atoms with Crippen LogP contribution in [-0.2, 0) is 18.9 Å². The standard InChI is InChI=1S/C13H19N4O11P/c14-5(3-8(19)20)11(23)17(29(25,26)27)4-6-9(21)10(22)12(28-6)16-2-1-7(18)15-13(16)24/h1-2,5-6,9-10,12,21-22H,3-4,14H2,(H,19,20)(H,15,18,24)(H2,25,26,27)/t5-,6-,9?,10?,12-/m0/s1. The zero-order valence-electron chi connectivity index (χ0n) is 14.6. The van der Waals surface area contributed by atoms with Gasteiger partial charge in [-0.2, -0.15) is 0 Å². The second-order valence-corrected chi connectivity index (χ2v) is 7.71. The van der Waals surface area contributed by atoms with Gasteiger partial charge in [0.05, 0.1) is 19.0 Å². The summed E-state index contributed by atoms with van der Waals surface area (Å²) in [5.41, 5.74) is 3.64. The van der Waals surface area contributed by atoms with E-state index in [1.54, 1.807) is 0 Å². The van der Waals surface area contributed by atoms with Gasteiger partial charge in [0.25, 0.3) is 5.56 Å². The molecule has 5 atom stereocenters. The molecule has 1 aromatic heterocycles. The molecule has 1 saturated heterocycles. The molecule has 1 aliphatic heterocycles. The first kappa shape index (κ1) is 22.9. The average Bonchev–Trinajstić information content (AvgIpc) is 2.85. The number of carbonyl (C=O) groups is 2. The normalized spacial score (nSPS) is 25.6. The molecule has 29 heavy (non-hydrogen) atoms. The van der Waals surface area contributed by atoms with Gasteiger partial charge >= 0.3 is 19.4 Å². The van der Waals surface area contributed by atoms with E-state index in [4.69, 9.17) is 15.6 Å². The summed E-state index contributed by atoms with van der Waals surface area (Å²) in [5.74, 6) is -2.91. The third-order valence-electron chi connectivity index (χ3n) is 4.10. The molecule has 8 N–H and O–H groups in total. The number of nitrogens with zero attached hydrogens (tertiary/aromatic N) is 2. The van der Waals surface area contributed by atoms with Crippen LogP contribution in [0.15, 0.2) is 21.9 Å². The Balaban J connectivity index is 2.26. The lowest BCUT2D eigenvalue weighted by molar-refractivity contribution is -0.141. The van der Waals surface area contributed by atoms with Crippen LogP contribution in [0.2, 0.25) is 0 Å². The summed E-state index contributed by atoms with van der Waals surface area (Å²) in [6, 6.07) is -0.852. The quantitative estimate of drug-likeness (QED) is 0.201. The number of aromatic nitrogens is 2. The molecule has 0 bridgehead atoms. The number of rotatable bonds is 7. The smallest absolute Gasteiger partial charge is 0.432 e. The van der Waals surface area contributed by atoms with Crippen molar-refractivity contribution in [2.24, 2.45) is 5.73 Å². The van der Waals surface area contributed by atoms with Gasteiger partial charge in [0.2, 0.25) is 5.91 Å². The molecule has 1 fully saturated rings. The SMILES string of the molecule is N[C@@H](CC(=O)O)C(=O)N(C[C@@H]1O[C@H](n2ccc(=O)[nH]c2=O)C(O)C1O)P(=O)(O)O. The molecule has 1 aliphatic rings. The van der Waals surface area contributed by atoms with Crippen LogP contribution in [0, 0.1) is 0 Å². The number of nitrogens with two attached hydrogens (primary N) is 1. The van der Waals surface area contributed by atoms with E-state index < -0.39 is 74.4 Å². The van der Waals surface area contributed by atoms with Crippen molar-refractivity contribution in [3.8, 4) is 0 Å². The molecular formula is C13H19N4O11P. The van der Waals surface area contributed by atoms with Gasteiger partial charge in [-0.15, -0.1) is 0 Å². The molecule has 0 spiro atoms. The summed E-state index contributed by atoms with van der Waals surface area (Å²) in [6.45, 7) is -0.969. The molecule has 1 amide bonds. The van der Waals surface area contributed by atoms with Gasteiger partial charge in [-0.25, -0.2) is 14.0 Å². The topological polar surface area (TPSA) is 246 Å². The fourth-order valence-electron chi connectivity index (χ4n) is 2.70. The molecule has 162 valence electrons. The Morgan fingerprint density at radius 3 is 2.45 bits per heavy atom. The number of carboxylic acids is 1. The molecule has 2 rings (SSSR count). The van der Waals surface area contributed by atoms with Crippen LogP contribution in [0.25, 0.3) is 0 Å². The number of amides is 1. The van der Waals surface area contributed by atoms with E-state index in [0.29, 0.717) is 0 Å². The number of aliphatic hydroxyl groups is 2. The number of hydrogen-bond donors (Lipinski definition) is 7. The summed E-state index contributed by atoms with van der Waals surface area (Å²) in [6.07, 6.45) is -6.62. The van der Waals surface area contributed by atoms with Crippen molar-refractivity contribution in [2.75, 3.05) is 6.54 Å². The van der Waals surface area contributed by atoms with Crippen molar-refractivity contribution in [1.29, 1.82) is 0 Å². The van der Waals surface area contributed by atoms with Crippen molar-refractivity contribution in [3.63, 3.8) is 0 Å². The number of aliphatic carboxylic acids is 1. The zero-order valence-corrected chi connectivity index (χ0v) is 15.5. The van der Waals surface area contributed by atoms with Gasteiger partial charge in [0.15, 0.2) is 6.23 Å². The summed E-state index contributed by atoms with van der Waals surface area (Å²) >= 11 is 0. The molecule has 0 saturated carbocycles. The summed E-state index contributed by atoms with van der Waals surface area (Å²) in [7, 11) is -5.31. The number of nitrogens with one attached hydrogen (secondary N) is 1. The predicted octanol–water partition coefficient (Wildman–Crippen LogP) is -4.12. The van der Waals surface area contributed by atoms with Crippen LogP contribution in [-0.4, -0.2) is 82.1 Å². The summed E-state index contributed by atoms with van der Waals surface area (Å²) in [5, 5.41) is 29.0. The maximum absolute atomic E-state index is 12.2. The van der Waals surface area contributed by atoms with Crippen molar-refractivity contribution in [2.45, 2.75) is 37.0 Å². The van der Waals surface area contributed by atoms with Crippen molar-refractivity contribution in [3.05, 3.63) is 33.1 Å². The van der Waals surface area contributed by atoms with E-state index in [0.717, 1.165) is 16.8 Å². The highest BCUT2D eigenvalue weighted by molar-refractivity contribution is 7.49. The first-order valence-electron chi connectivity index (χ1n) is 8.00. The van der Waals surface area contributed by atoms with E-state index in [1.165, 1.54) is 0 Å². The number of H-pyrrole nitrogens is 1. The fourth-order valence-corrected chi connectivity index (χ4v) is 3.48. The fraction of sp³-hybridized carbons (Fsp3) is 0.538. The zero-order chi connectivity index (χ0) is 22.1. The first-order valence-corrected chi connectivity index (χ1v) is 9.57. The molecule has 0 aliphatic carbocycles. The lowest BCUT2D eigenvalue weighted by Crippen LogP contribution is -2.47. The second-order valence-electron chi connectivity index (χ2n) is 6.20. The second kappa shape index (κ2) is 8.54. The van der Waals surface area contributed by atoms with Crippen molar-refractivity contribution >= 4 is 19.6 Å². The lowest BCUT2D eigenvalue weighted by Gasteiger charge is -2.28. The third kappa shape index (κ3) is 5.16. The van der Waals surface area contributed by atoms with Crippen LogP contribution in [0.5, 0.6) is 0 Å². The van der Waals surface area contributed by atoms with Gasteiger partial charge in [0.1, 0.15) is 18.3 Å². The average molecular weight is 438 g/mol. The maximum Gasteiger partial charge on any atom is 0.432 e. The van der Waals surface area contributed by atoms with E-state index in [-0.39, 0.29) is 4.67 Å². The number of carboxylic acid groups (broad SMARTS) is 1. The van der Waals surface area contributed by atoms with Crippen LogP contribution < -0.4 is 17.0 Å². The van der Waals surface area contributed by atoms with E-state index in [2.05, 4.69) is 0 Å². The minimum atomic E-state index is -5.31. The maximum atomic E-state index is 12.2. The van der Waals surface area contributed by atoms with Crippen LogP contribution >= 0.6 is 7.75 Å². The van der Waals surface area contributed by atoms with E-state index in [1.807, 2.05) is 4.98 Å². The largest absolute Gasteiger partial charge is 0.481 e. The minimum Gasteiger partial charge on any atom is -0.481 e. The van der Waals surface area contributed by atoms with Gasteiger partial charge in [0, 0.05) is 12.3 Å². The monoisotopic (exact) mass is 438 g/mol. The Morgan fingerprint density at radius 2 is 1.93 bits per heavy atom. The van der Waals surface area contributed by atoms with Crippen LogP contribution in [0.4, 0.5) is 0 Å². The Morgan fingerprint density at radius 1 is 1.31 bits per heavy atom. The molecule has 2 heterocycles. The van der Waals surface area contributed by atoms with Crippen LogP contribution in [0.3, 0.4) is 0 Å². The number of carbonyl (C=O) groups excluding carboxylic acids is 1. The van der Waals surface area contributed by atoms with E-state index >= 15 is 0 Å².